The number of hydrogen-bond donors (Lipinski definition) is 1. The third kappa shape index (κ3) is 2.19. The van der Waals surface area contributed by atoms with E-state index in [4.69, 9.17) is 5.11 Å². The molecule has 0 unspecified atom stereocenters. The molecule has 0 spiro atoms. The van der Waals surface area contributed by atoms with Gasteiger partial charge in [-0.1, -0.05) is 24.3 Å². The van der Waals surface area contributed by atoms with Crippen LogP contribution in [-0.4, -0.2) is 34.4 Å². The molecule has 0 amide bonds. The molecular weight excluding hydrogens is 254 g/mol. The molecule has 1 saturated heterocycles. The maximum absolute atomic E-state index is 11.0. The van der Waals surface area contributed by atoms with Crippen molar-refractivity contribution in [2.75, 3.05) is 18.0 Å². The number of benzene rings is 1. The first-order valence-corrected chi connectivity index (χ1v) is 6.86. The van der Waals surface area contributed by atoms with Gasteiger partial charge in [0.2, 0.25) is 0 Å². The van der Waals surface area contributed by atoms with Gasteiger partial charge in [-0.25, -0.2) is 0 Å². The number of nitrogens with zero attached hydrogens (tertiary/aromatic N) is 3. The molecule has 5 heteroatoms. The molecule has 20 heavy (non-hydrogen) atoms. The van der Waals surface area contributed by atoms with Gasteiger partial charge in [0.1, 0.15) is 0 Å². The zero-order chi connectivity index (χ0) is 14.1. The lowest BCUT2D eigenvalue weighted by molar-refractivity contribution is -0.142. The second-order valence-electron chi connectivity index (χ2n) is 5.25. The first kappa shape index (κ1) is 12.8. The molecule has 1 aliphatic rings. The SMILES string of the molecule is Cc1nnc(N2CCC(C(=O)O)CC2)c2ccccc12. The minimum Gasteiger partial charge on any atom is -0.481 e. The zero-order valence-corrected chi connectivity index (χ0v) is 11.4. The van der Waals surface area contributed by atoms with Crippen molar-refractivity contribution in [2.45, 2.75) is 19.8 Å². The Balaban J connectivity index is 1.92. The van der Waals surface area contributed by atoms with E-state index in [1.807, 2.05) is 25.1 Å². The summed E-state index contributed by atoms with van der Waals surface area (Å²) in [6.45, 7) is 3.40. The van der Waals surface area contributed by atoms with Gasteiger partial charge in [0, 0.05) is 23.9 Å². The monoisotopic (exact) mass is 271 g/mol. The van der Waals surface area contributed by atoms with Crippen LogP contribution in [-0.2, 0) is 4.79 Å². The van der Waals surface area contributed by atoms with Gasteiger partial charge in [0.25, 0.3) is 0 Å². The van der Waals surface area contributed by atoms with E-state index < -0.39 is 5.97 Å². The van der Waals surface area contributed by atoms with Crippen molar-refractivity contribution in [1.82, 2.24) is 10.2 Å². The van der Waals surface area contributed by atoms with E-state index in [0.29, 0.717) is 12.8 Å². The van der Waals surface area contributed by atoms with Crippen molar-refractivity contribution in [3.8, 4) is 0 Å². The number of fused-ring (bicyclic) bond motifs is 1. The third-order valence-electron chi connectivity index (χ3n) is 4.00. The summed E-state index contributed by atoms with van der Waals surface area (Å²) in [5.41, 5.74) is 0.921. The van der Waals surface area contributed by atoms with Crippen molar-refractivity contribution < 1.29 is 9.90 Å². The second-order valence-corrected chi connectivity index (χ2v) is 5.25. The van der Waals surface area contributed by atoms with E-state index in [9.17, 15) is 4.79 Å². The molecule has 0 saturated carbocycles. The maximum Gasteiger partial charge on any atom is 0.306 e. The van der Waals surface area contributed by atoms with Crippen LogP contribution >= 0.6 is 0 Å². The van der Waals surface area contributed by atoms with Crippen LogP contribution in [0.25, 0.3) is 10.8 Å². The highest BCUT2D eigenvalue weighted by atomic mass is 16.4. The Morgan fingerprint density at radius 2 is 1.85 bits per heavy atom. The van der Waals surface area contributed by atoms with E-state index in [1.165, 1.54) is 0 Å². The fourth-order valence-electron chi connectivity index (χ4n) is 2.80. The highest BCUT2D eigenvalue weighted by Crippen LogP contribution is 2.28. The summed E-state index contributed by atoms with van der Waals surface area (Å²) in [6.07, 6.45) is 1.33. The average molecular weight is 271 g/mol. The van der Waals surface area contributed by atoms with Crippen molar-refractivity contribution in [3.05, 3.63) is 30.0 Å². The highest BCUT2D eigenvalue weighted by molar-refractivity contribution is 5.93. The third-order valence-corrected chi connectivity index (χ3v) is 4.00. The summed E-state index contributed by atoms with van der Waals surface area (Å²) in [4.78, 5) is 13.2. The number of carboxylic acid groups (broad SMARTS) is 1. The Morgan fingerprint density at radius 1 is 1.20 bits per heavy atom. The smallest absolute Gasteiger partial charge is 0.306 e. The van der Waals surface area contributed by atoms with E-state index in [-0.39, 0.29) is 5.92 Å². The first-order valence-electron chi connectivity index (χ1n) is 6.86. The van der Waals surface area contributed by atoms with Crippen molar-refractivity contribution >= 4 is 22.6 Å². The Bertz CT molecular complexity index is 649. The molecule has 0 bridgehead atoms. The van der Waals surface area contributed by atoms with Gasteiger partial charge in [-0.2, -0.15) is 5.10 Å². The van der Waals surface area contributed by atoms with Crippen LogP contribution in [0, 0.1) is 12.8 Å². The van der Waals surface area contributed by atoms with Gasteiger partial charge in [0.15, 0.2) is 5.82 Å². The maximum atomic E-state index is 11.0. The lowest BCUT2D eigenvalue weighted by Crippen LogP contribution is -2.37. The first-order chi connectivity index (χ1) is 9.66. The van der Waals surface area contributed by atoms with Crippen LogP contribution in [0.3, 0.4) is 0 Å². The Labute approximate surface area is 117 Å². The van der Waals surface area contributed by atoms with Crippen LogP contribution < -0.4 is 4.90 Å². The topological polar surface area (TPSA) is 66.3 Å². The molecule has 0 radical (unpaired) electrons. The Hall–Kier alpha value is -2.17. The molecular formula is C15H17N3O2. The quantitative estimate of drug-likeness (QED) is 0.907. The van der Waals surface area contributed by atoms with Gasteiger partial charge in [-0.3, -0.25) is 4.79 Å². The summed E-state index contributed by atoms with van der Waals surface area (Å²) >= 11 is 0. The number of aliphatic carboxylic acids is 1. The number of carbonyl (C=O) groups is 1. The van der Waals surface area contributed by atoms with Crippen molar-refractivity contribution in [1.29, 1.82) is 0 Å². The zero-order valence-electron chi connectivity index (χ0n) is 11.4. The van der Waals surface area contributed by atoms with E-state index in [2.05, 4.69) is 21.2 Å². The molecule has 0 aliphatic carbocycles. The molecule has 104 valence electrons. The van der Waals surface area contributed by atoms with Crippen molar-refractivity contribution in [2.24, 2.45) is 5.92 Å². The van der Waals surface area contributed by atoms with Crippen LogP contribution in [0.5, 0.6) is 0 Å². The van der Waals surface area contributed by atoms with Crippen LogP contribution in [0.2, 0.25) is 0 Å². The molecule has 1 N–H and O–H groups in total. The second kappa shape index (κ2) is 5.07. The number of rotatable bonds is 2. The molecule has 5 nitrogen and oxygen atoms in total. The minimum absolute atomic E-state index is 0.226. The average Bonchev–Trinajstić information content (AvgIpc) is 2.48. The Morgan fingerprint density at radius 3 is 2.50 bits per heavy atom. The molecule has 1 aromatic carbocycles. The van der Waals surface area contributed by atoms with E-state index >= 15 is 0 Å². The summed E-state index contributed by atoms with van der Waals surface area (Å²) in [7, 11) is 0. The number of aromatic nitrogens is 2. The number of piperidine rings is 1. The normalized spacial score (nSPS) is 16.6. The van der Waals surface area contributed by atoms with E-state index in [0.717, 1.165) is 35.4 Å². The number of aryl methyl sites for hydroxylation is 1. The standard InChI is InChI=1S/C15H17N3O2/c1-10-12-4-2-3-5-13(12)14(17-16-10)18-8-6-11(7-9-18)15(19)20/h2-5,11H,6-9H2,1H3,(H,19,20). The fourth-order valence-corrected chi connectivity index (χ4v) is 2.80. The molecule has 0 atom stereocenters. The summed E-state index contributed by atoms with van der Waals surface area (Å²) < 4.78 is 0. The van der Waals surface area contributed by atoms with Gasteiger partial charge >= 0.3 is 5.97 Å². The number of hydrogen-bond acceptors (Lipinski definition) is 4. The molecule has 1 fully saturated rings. The van der Waals surface area contributed by atoms with Gasteiger partial charge < -0.3 is 10.0 Å². The molecule has 1 aromatic heterocycles. The molecule has 2 heterocycles. The number of carboxylic acids is 1. The molecule has 1 aliphatic heterocycles. The minimum atomic E-state index is -0.690. The van der Waals surface area contributed by atoms with Crippen molar-refractivity contribution in [3.63, 3.8) is 0 Å². The van der Waals surface area contributed by atoms with Gasteiger partial charge in [-0.05, 0) is 19.8 Å². The van der Waals surface area contributed by atoms with Crippen LogP contribution in [0.1, 0.15) is 18.5 Å². The van der Waals surface area contributed by atoms with Crippen LogP contribution in [0.15, 0.2) is 24.3 Å². The fraction of sp³-hybridized carbons (Fsp3) is 0.400. The predicted octanol–water partition coefficient (Wildman–Crippen LogP) is 2.24. The van der Waals surface area contributed by atoms with Crippen LogP contribution in [0.4, 0.5) is 5.82 Å². The Kier molecular flexibility index (Phi) is 3.26. The summed E-state index contributed by atoms with van der Waals surface area (Å²) in [5, 5.41) is 19.8. The lowest BCUT2D eigenvalue weighted by Gasteiger charge is -2.31. The highest BCUT2D eigenvalue weighted by Gasteiger charge is 2.26. The van der Waals surface area contributed by atoms with E-state index in [1.54, 1.807) is 0 Å². The molecule has 3 rings (SSSR count). The molecule has 2 aromatic rings. The number of anilines is 1. The lowest BCUT2D eigenvalue weighted by atomic mass is 9.97. The largest absolute Gasteiger partial charge is 0.481 e. The van der Waals surface area contributed by atoms with Gasteiger partial charge in [0.05, 0.1) is 11.6 Å². The summed E-state index contributed by atoms with van der Waals surface area (Å²) in [5.74, 6) is -0.0459. The van der Waals surface area contributed by atoms with Gasteiger partial charge in [-0.15, -0.1) is 5.10 Å². The summed E-state index contributed by atoms with van der Waals surface area (Å²) in [6, 6.07) is 8.09. The predicted molar refractivity (Wildman–Crippen MR) is 76.8 cm³/mol.